The van der Waals surface area contributed by atoms with Gasteiger partial charge in [0.25, 0.3) is 0 Å². The highest BCUT2D eigenvalue weighted by atomic mass is 16.2. The number of aryl methyl sites for hydroxylation is 1. The van der Waals surface area contributed by atoms with E-state index in [4.69, 9.17) is 0 Å². The minimum Gasteiger partial charge on any atom is -0.341 e. The van der Waals surface area contributed by atoms with Gasteiger partial charge in [-0.2, -0.15) is 0 Å². The molecule has 98 valence electrons. The highest BCUT2D eigenvalue weighted by molar-refractivity contribution is 5.90. The number of anilines is 1. The van der Waals surface area contributed by atoms with Crippen molar-refractivity contribution in [2.24, 2.45) is 0 Å². The van der Waals surface area contributed by atoms with Crippen molar-refractivity contribution in [3.8, 4) is 0 Å². The molecule has 0 radical (unpaired) electrons. The van der Waals surface area contributed by atoms with Crippen LogP contribution < -0.4 is 21.3 Å². The number of urea groups is 2. The van der Waals surface area contributed by atoms with Gasteiger partial charge in [0.1, 0.15) is 0 Å². The minimum atomic E-state index is -0.361. The maximum atomic E-state index is 11.6. The molecule has 1 aromatic rings. The molecular weight excluding hydrogens is 232 g/mol. The first-order valence-corrected chi connectivity index (χ1v) is 5.61. The minimum absolute atomic E-state index is 0.0658. The van der Waals surface area contributed by atoms with E-state index >= 15 is 0 Å². The molecule has 0 aromatic heterocycles. The van der Waals surface area contributed by atoms with Crippen LogP contribution >= 0.6 is 0 Å². The van der Waals surface area contributed by atoms with Crippen molar-refractivity contribution in [1.29, 1.82) is 0 Å². The largest absolute Gasteiger partial charge is 0.341 e. The molecule has 0 bridgehead atoms. The van der Waals surface area contributed by atoms with Gasteiger partial charge in [-0.05, 0) is 31.0 Å². The van der Waals surface area contributed by atoms with Crippen LogP contribution in [0.1, 0.15) is 11.1 Å². The molecule has 1 aromatic carbocycles. The number of hydrogen-bond donors (Lipinski definition) is 4. The Morgan fingerprint density at radius 2 is 1.78 bits per heavy atom. The summed E-state index contributed by atoms with van der Waals surface area (Å²) in [4.78, 5) is 22.4. The van der Waals surface area contributed by atoms with Crippen LogP contribution in [0.4, 0.5) is 15.3 Å². The highest BCUT2D eigenvalue weighted by Crippen LogP contribution is 2.17. The van der Waals surface area contributed by atoms with Crippen LogP contribution in [-0.2, 0) is 0 Å². The molecule has 0 heterocycles. The van der Waals surface area contributed by atoms with Gasteiger partial charge >= 0.3 is 12.1 Å². The van der Waals surface area contributed by atoms with Crippen LogP contribution in [0.3, 0.4) is 0 Å². The van der Waals surface area contributed by atoms with E-state index in [1.807, 2.05) is 32.0 Å². The van der Waals surface area contributed by atoms with Gasteiger partial charge < -0.3 is 21.3 Å². The van der Waals surface area contributed by atoms with Crippen LogP contribution in [0.2, 0.25) is 0 Å². The molecule has 1 rings (SSSR count). The second-order valence-electron chi connectivity index (χ2n) is 3.81. The third-order valence-corrected chi connectivity index (χ3v) is 2.58. The average Bonchev–Trinajstić information content (AvgIpc) is 2.34. The first-order chi connectivity index (χ1) is 8.54. The SMILES string of the molecule is CNC(=O)NCNC(=O)Nc1cccc(C)c1C. The Kier molecular flexibility index (Phi) is 4.98. The Balaban J connectivity index is 2.45. The third kappa shape index (κ3) is 3.97. The normalized spacial score (nSPS) is 9.50. The monoisotopic (exact) mass is 250 g/mol. The molecule has 18 heavy (non-hydrogen) atoms. The van der Waals surface area contributed by atoms with E-state index in [0.29, 0.717) is 0 Å². The molecule has 6 nitrogen and oxygen atoms in total. The summed E-state index contributed by atoms with van der Waals surface area (Å²) < 4.78 is 0. The summed E-state index contributed by atoms with van der Waals surface area (Å²) >= 11 is 0. The summed E-state index contributed by atoms with van der Waals surface area (Å²) in [6.07, 6.45) is 0. The fraction of sp³-hybridized carbons (Fsp3) is 0.333. The van der Waals surface area contributed by atoms with E-state index in [1.165, 1.54) is 7.05 Å². The smallest absolute Gasteiger partial charge is 0.320 e. The van der Waals surface area contributed by atoms with E-state index in [9.17, 15) is 9.59 Å². The van der Waals surface area contributed by atoms with Gasteiger partial charge in [0.05, 0.1) is 6.67 Å². The van der Waals surface area contributed by atoms with E-state index in [0.717, 1.165) is 16.8 Å². The van der Waals surface area contributed by atoms with Crippen molar-refractivity contribution in [2.75, 3.05) is 19.0 Å². The van der Waals surface area contributed by atoms with Crippen LogP contribution in [-0.4, -0.2) is 25.8 Å². The fourth-order valence-electron chi connectivity index (χ4n) is 1.35. The number of amides is 4. The van der Waals surface area contributed by atoms with Crippen molar-refractivity contribution in [2.45, 2.75) is 13.8 Å². The lowest BCUT2D eigenvalue weighted by molar-refractivity contribution is 0.240. The third-order valence-electron chi connectivity index (χ3n) is 2.58. The summed E-state index contributed by atoms with van der Waals surface area (Å²) in [7, 11) is 1.51. The Morgan fingerprint density at radius 3 is 2.44 bits per heavy atom. The maximum Gasteiger partial charge on any atom is 0.320 e. The Hall–Kier alpha value is -2.24. The lowest BCUT2D eigenvalue weighted by Crippen LogP contribution is -2.42. The molecule has 4 amide bonds. The molecule has 0 saturated heterocycles. The first-order valence-electron chi connectivity index (χ1n) is 5.61. The lowest BCUT2D eigenvalue weighted by atomic mass is 10.1. The van der Waals surface area contributed by atoms with Crippen LogP contribution in [0.5, 0.6) is 0 Å². The zero-order chi connectivity index (χ0) is 13.5. The second kappa shape index (κ2) is 6.48. The molecule has 0 unspecified atom stereocenters. The zero-order valence-corrected chi connectivity index (χ0v) is 10.8. The summed E-state index contributed by atoms with van der Waals surface area (Å²) in [5, 5.41) is 10.1. The molecule has 0 atom stereocenters. The molecule has 0 aliphatic carbocycles. The molecule has 4 N–H and O–H groups in total. The van der Waals surface area contributed by atoms with Crippen LogP contribution in [0, 0.1) is 13.8 Å². The number of rotatable bonds is 3. The van der Waals surface area contributed by atoms with Crippen LogP contribution in [0.25, 0.3) is 0 Å². The molecular formula is C12H18N4O2. The maximum absolute atomic E-state index is 11.6. The Morgan fingerprint density at radius 1 is 1.11 bits per heavy atom. The topological polar surface area (TPSA) is 82.3 Å². The van der Waals surface area contributed by atoms with Gasteiger partial charge in [0, 0.05) is 12.7 Å². The lowest BCUT2D eigenvalue weighted by Gasteiger charge is -2.11. The molecule has 0 saturated carbocycles. The van der Waals surface area contributed by atoms with E-state index in [-0.39, 0.29) is 18.7 Å². The van der Waals surface area contributed by atoms with E-state index in [1.54, 1.807) is 0 Å². The van der Waals surface area contributed by atoms with Gasteiger partial charge in [-0.25, -0.2) is 9.59 Å². The number of hydrogen-bond acceptors (Lipinski definition) is 2. The van der Waals surface area contributed by atoms with Crippen molar-refractivity contribution in [3.05, 3.63) is 29.3 Å². The number of nitrogens with one attached hydrogen (secondary N) is 4. The fourth-order valence-corrected chi connectivity index (χ4v) is 1.35. The second-order valence-corrected chi connectivity index (χ2v) is 3.81. The Labute approximate surface area is 106 Å². The van der Waals surface area contributed by atoms with Gasteiger partial charge in [-0.1, -0.05) is 12.1 Å². The van der Waals surface area contributed by atoms with Crippen molar-refractivity contribution >= 4 is 17.7 Å². The van der Waals surface area contributed by atoms with Gasteiger partial charge in [-0.15, -0.1) is 0 Å². The molecule has 0 aliphatic rings. The quantitative estimate of drug-likeness (QED) is 0.610. The summed E-state index contributed by atoms with van der Waals surface area (Å²) in [5.41, 5.74) is 2.88. The number of carbonyl (C=O) groups is 2. The van der Waals surface area contributed by atoms with Gasteiger partial charge in [0.2, 0.25) is 0 Å². The summed E-state index contributed by atoms with van der Waals surface area (Å²) in [6.45, 7) is 3.98. The highest BCUT2D eigenvalue weighted by Gasteiger charge is 2.05. The zero-order valence-electron chi connectivity index (χ0n) is 10.8. The van der Waals surface area contributed by atoms with Crippen molar-refractivity contribution in [3.63, 3.8) is 0 Å². The predicted octanol–water partition coefficient (Wildman–Crippen LogP) is 1.31. The van der Waals surface area contributed by atoms with Gasteiger partial charge in [-0.3, -0.25) is 0 Å². The van der Waals surface area contributed by atoms with Gasteiger partial charge in [0.15, 0.2) is 0 Å². The number of carbonyl (C=O) groups excluding carboxylic acids is 2. The van der Waals surface area contributed by atoms with Crippen molar-refractivity contribution in [1.82, 2.24) is 16.0 Å². The van der Waals surface area contributed by atoms with Crippen LogP contribution in [0.15, 0.2) is 18.2 Å². The molecule has 0 fully saturated rings. The first kappa shape index (κ1) is 13.8. The standard InChI is InChI=1S/C12H18N4O2/c1-8-5-4-6-10(9(8)2)16-12(18)15-7-14-11(17)13-3/h4-6H,7H2,1-3H3,(H2,13,14,17)(H2,15,16,18). The molecule has 6 heteroatoms. The number of benzene rings is 1. The summed E-state index contributed by atoms with van der Waals surface area (Å²) in [5.74, 6) is 0. The summed E-state index contributed by atoms with van der Waals surface area (Å²) in [6, 6.07) is 4.97. The Bertz CT molecular complexity index is 446. The molecule has 0 spiro atoms. The van der Waals surface area contributed by atoms with Crippen molar-refractivity contribution < 1.29 is 9.59 Å². The average molecular weight is 250 g/mol. The predicted molar refractivity (Wildman–Crippen MR) is 70.5 cm³/mol. The molecule has 0 aliphatic heterocycles. The van der Waals surface area contributed by atoms with E-state index in [2.05, 4.69) is 21.3 Å². The van der Waals surface area contributed by atoms with E-state index < -0.39 is 0 Å².